The fraction of sp³-hybridized carbons (Fsp3) is 0.550. The van der Waals surface area contributed by atoms with Crippen LogP contribution in [0.3, 0.4) is 0 Å². The summed E-state index contributed by atoms with van der Waals surface area (Å²) in [4.78, 5) is 35.5. The average Bonchev–Trinajstić information content (AvgIpc) is 2.66. The van der Waals surface area contributed by atoms with E-state index >= 15 is 0 Å². The van der Waals surface area contributed by atoms with Crippen molar-refractivity contribution in [1.29, 1.82) is 0 Å². The Bertz CT molecular complexity index is 593. The van der Waals surface area contributed by atoms with E-state index in [2.05, 4.69) is 5.32 Å². The second kappa shape index (κ2) is 10.7. The van der Waals surface area contributed by atoms with E-state index in [0.29, 0.717) is 13.0 Å². The first-order chi connectivity index (χ1) is 12.6. The second-order valence-electron chi connectivity index (χ2n) is 6.74. The molecule has 1 N–H and O–H groups in total. The quantitative estimate of drug-likeness (QED) is 0.682. The number of Topliss-reactive ketones (excluding diaryl/α,β-unsaturated/α-hetero) is 1. The maximum absolute atomic E-state index is 12.1. The standard InChI is InChI=1S/C20H27NO5/c1-25-14-19(23)21-12-18(22)17-9-7-15(8-10-17)11-20(24)26-13-16-5-3-2-4-6-16/h2-6,15,17H,7-14H2,1H3,(H,21,23). The van der Waals surface area contributed by atoms with Crippen molar-refractivity contribution in [3.8, 4) is 0 Å². The monoisotopic (exact) mass is 361 g/mol. The lowest BCUT2D eigenvalue weighted by Gasteiger charge is -2.27. The predicted molar refractivity (Wildman–Crippen MR) is 96.2 cm³/mol. The molecule has 1 fully saturated rings. The predicted octanol–water partition coefficient (Wildman–Crippen LogP) is 2.26. The smallest absolute Gasteiger partial charge is 0.306 e. The van der Waals surface area contributed by atoms with Gasteiger partial charge in [-0.1, -0.05) is 30.3 Å². The number of carbonyl (C=O) groups excluding carboxylic acids is 3. The van der Waals surface area contributed by atoms with Gasteiger partial charge in [0.2, 0.25) is 5.91 Å². The Morgan fingerprint density at radius 2 is 1.77 bits per heavy atom. The maximum atomic E-state index is 12.1. The SMILES string of the molecule is COCC(=O)NCC(=O)C1CCC(CC(=O)OCc2ccccc2)CC1. The largest absolute Gasteiger partial charge is 0.461 e. The minimum absolute atomic E-state index is 0.0329. The lowest BCUT2D eigenvalue weighted by Crippen LogP contribution is -2.36. The van der Waals surface area contributed by atoms with Crippen LogP contribution in [0.2, 0.25) is 0 Å². The molecular weight excluding hydrogens is 334 g/mol. The highest BCUT2D eigenvalue weighted by Gasteiger charge is 2.27. The van der Waals surface area contributed by atoms with E-state index in [1.807, 2.05) is 30.3 Å². The molecule has 0 aliphatic heterocycles. The first kappa shape index (κ1) is 20.1. The summed E-state index contributed by atoms with van der Waals surface area (Å²) in [7, 11) is 1.44. The van der Waals surface area contributed by atoms with Crippen LogP contribution >= 0.6 is 0 Å². The van der Waals surface area contributed by atoms with E-state index in [9.17, 15) is 14.4 Å². The van der Waals surface area contributed by atoms with Crippen molar-refractivity contribution < 1.29 is 23.9 Å². The molecule has 2 rings (SSSR count). The van der Waals surface area contributed by atoms with Gasteiger partial charge in [0.05, 0.1) is 6.54 Å². The number of amides is 1. The molecule has 0 unspecified atom stereocenters. The molecule has 0 spiro atoms. The molecule has 26 heavy (non-hydrogen) atoms. The molecule has 1 aliphatic carbocycles. The number of hydrogen-bond donors (Lipinski definition) is 1. The van der Waals surface area contributed by atoms with Gasteiger partial charge >= 0.3 is 5.97 Å². The molecule has 0 heterocycles. The van der Waals surface area contributed by atoms with Crippen molar-refractivity contribution in [3.63, 3.8) is 0 Å². The molecule has 0 aromatic heterocycles. The first-order valence-corrected chi connectivity index (χ1v) is 9.06. The van der Waals surface area contributed by atoms with E-state index in [-0.39, 0.29) is 42.6 Å². The van der Waals surface area contributed by atoms with E-state index in [1.54, 1.807) is 0 Å². The number of esters is 1. The van der Waals surface area contributed by atoms with Gasteiger partial charge in [0.1, 0.15) is 13.2 Å². The number of methoxy groups -OCH3 is 1. The van der Waals surface area contributed by atoms with Crippen molar-refractivity contribution in [1.82, 2.24) is 5.32 Å². The van der Waals surface area contributed by atoms with Crippen molar-refractivity contribution in [2.24, 2.45) is 11.8 Å². The molecule has 0 radical (unpaired) electrons. The zero-order valence-corrected chi connectivity index (χ0v) is 15.2. The number of ketones is 1. The third-order valence-electron chi connectivity index (χ3n) is 4.74. The van der Waals surface area contributed by atoms with Crippen molar-refractivity contribution in [2.75, 3.05) is 20.3 Å². The first-order valence-electron chi connectivity index (χ1n) is 9.06. The number of rotatable bonds is 9. The Morgan fingerprint density at radius 3 is 2.42 bits per heavy atom. The number of nitrogens with one attached hydrogen (secondary N) is 1. The van der Waals surface area contributed by atoms with Crippen LogP contribution in [0.4, 0.5) is 0 Å². The highest BCUT2D eigenvalue weighted by molar-refractivity contribution is 5.88. The second-order valence-corrected chi connectivity index (χ2v) is 6.74. The lowest BCUT2D eigenvalue weighted by molar-refractivity contribution is -0.146. The Labute approximate surface area is 154 Å². The van der Waals surface area contributed by atoms with Gasteiger partial charge in [-0.3, -0.25) is 14.4 Å². The van der Waals surface area contributed by atoms with E-state index in [1.165, 1.54) is 7.11 Å². The van der Waals surface area contributed by atoms with Crippen LogP contribution in [0.15, 0.2) is 30.3 Å². The van der Waals surface area contributed by atoms with Gasteiger partial charge in [0.25, 0.3) is 0 Å². The molecule has 1 amide bonds. The van der Waals surface area contributed by atoms with Crippen LogP contribution in [0, 0.1) is 11.8 Å². The Hall–Kier alpha value is -2.21. The molecule has 0 bridgehead atoms. The molecule has 0 atom stereocenters. The number of hydrogen-bond acceptors (Lipinski definition) is 5. The molecule has 1 aromatic rings. The van der Waals surface area contributed by atoms with Crippen LogP contribution in [0.5, 0.6) is 0 Å². The van der Waals surface area contributed by atoms with Crippen LogP contribution in [0.25, 0.3) is 0 Å². The Kier molecular flexibility index (Phi) is 8.28. The maximum Gasteiger partial charge on any atom is 0.306 e. The van der Waals surface area contributed by atoms with Crippen LogP contribution < -0.4 is 5.32 Å². The van der Waals surface area contributed by atoms with Crippen molar-refractivity contribution in [2.45, 2.75) is 38.7 Å². The molecule has 142 valence electrons. The zero-order valence-electron chi connectivity index (χ0n) is 15.2. The molecule has 6 heteroatoms. The lowest BCUT2D eigenvalue weighted by atomic mass is 9.79. The minimum Gasteiger partial charge on any atom is -0.461 e. The van der Waals surface area contributed by atoms with Gasteiger partial charge in [0, 0.05) is 19.4 Å². The molecule has 6 nitrogen and oxygen atoms in total. The van der Waals surface area contributed by atoms with Crippen LogP contribution in [0.1, 0.15) is 37.7 Å². The average molecular weight is 361 g/mol. The summed E-state index contributed by atoms with van der Waals surface area (Å²) in [5.74, 6) is -0.175. The van der Waals surface area contributed by atoms with Gasteiger partial charge in [0.15, 0.2) is 5.78 Å². The Morgan fingerprint density at radius 1 is 1.08 bits per heavy atom. The molecule has 0 saturated heterocycles. The van der Waals surface area contributed by atoms with Crippen LogP contribution in [-0.4, -0.2) is 37.9 Å². The Balaban J connectivity index is 1.63. The van der Waals surface area contributed by atoms with Gasteiger partial charge in [-0.2, -0.15) is 0 Å². The number of benzene rings is 1. The molecular formula is C20H27NO5. The van der Waals surface area contributed by atoms with Gasteiger partial charge in [-0.05, 0) is 37.2 Å². The van der Waals surface area contributed by atoms with E-state index in [4.69, 9.17) is 9.47 Å². The third-order valence-corrected chi connectivity index (χ3v) is 4.74. The van der Waals surface area contributed by atoms with E-state index in [0.717, 1.165) is 31.2 Å². The molecule has 1 aromatic carbocycles. The van der Waals surface area contributed by atoms with E-state index < -0.39 is 0 Å². The number of ether oxygens (including phenoxy) is 2. The normalized spacial score (nSPS) is 19.6. The van der Waals surface area contributed by atoms with Gasteiger partial charge in [-0.25, -0.2) is 0 Å². The number of carbonyl (C=O) groups is 3. The van der Waals surface area contributed by atoms with Gasteiger partial charge < -0.3 is 14.8 Å². The van der Waals surface area contributed by atoms with Gasteiger partial charge in [-0.15, -0.1) is 0 Å². The summed E-state index contributed by atoms with van der Waals surface area (Å²) in [6.45, 7) is 0.316. The van der Waals surface area contributed by atoms with Crippen molar-refractivity contribution >= 4 is 17.7 Å². The summed E-state index contributed by atoms with van der Waals surface area (Å²) >= 11 is 0. The zero-order chi connectivity index (χ0) is 18.8. The fourth-order valence-electron chi connectivity index (χ4n) is 3.23. The summed E-state index contributed by atoms with van der Waals surface area (Å²) in [5, 5.41) is 2.57. The summed E-state index contributed by atoms with van der Waals surface area (Å²) < 4.78 is 10.0. The highest BCUT2D eigenvalue weighted by Crippen LogP contribution is 2.31. The summed E-state index contributed by atoms with van der Waals surface area (Å²) in [5.41, 5.74) is 0.977. The highest BCUT2D eigenvalue weighted by atomic mass is 16.5. The topological polar surface area (TPSA) is 81.7 Å². The summed E-state index contributed by atoms with van der Waals surface area (Å²) in [6.07, 6.45) is 3.59. The molecule has 1 saturated carbocycles. The third kappa shape index (κ3) is 6.96. The summed E-state index contributed by atoms with van der Waals surface area (Å²) in [6, 6.07) is 9.61. The minimum atomic E-state index is -0.282. The van der Waals surface area contributed by atoms with Crippen LogP contribution in [-0.2, 0) is 30.5 Å². The molecule has 1 aliphatic rings. The van der Waals surface area contributed by atoms with Crippen molar-refractivity contribution in [3.05, 3.63) is 35.9 Å². The fourth-order valence-corrected chi connectivity index (χ4v) is 3.23.